The third-order valence-corrected chi connectivity index (χ3v) is 4.56. The van der Waals surface area contributed by atoms with Gasteiger partial charge in [0.15, 0.2) is 0 Å². The fraction of sp³-hybridized carbons (Fsp3) is 0.600. The quantitative estimate of drug-likeness (QED) is 0.892. The molecule has 1 heterocycles. The zero-order chi connectivity index (χ0) is 15.3. The molecule has 1 saturated heterocycles. The van der Waals surface area contributed by atoms with E-state index < -0.39 is 5.51 Å². The molecule has 2 rings (SSSR count). The molecule has 0 radical (unpaired) electrons. The van der Waals surface area contributed by atoms with E-state index in [1.165, 1.54) is 5.56 Å². The Bertz CT molecular complexity index is 425. The second-order valence-corrected chi connectivity index (χ2v) is 6.38. The molecular weight excluding hydrogens is 297 g/mol. The number of rotatable bonds is 5. The van der Waals surface area contributed by atoms with Crippen LogP contribution in [0.5, 0.6) is 0 Å². The first-order valence-electron chi connectivity index (χ1n) is 7.22. The van der Waals surface area contributed by atoms with Crippen molar-refractivity contribution in [3.63, 3.8) is 0 Å². The van der Waals surface area contributed by atoms with Crippen LogP contribution in [0.15, 0.2) is 30.3 Å². The standard InChI is InChI=1S/C15H21F3N2S/c1-2-13-10-19-14(12-6-4-3-5-7-12)11-20(13)8-9-21-15(16,17)18/h3-7,13-14,19H,2,8-11H2,1H3. The molecule has 0 amide bonds. The van der Waals surface area contributed by atoms with Gasteiger partial charge in [-0.3, -0.25) is 4.90 Å². The Morgan fingerprint density at radius 3 is 2.62 bits per heavy atom. The molecule has 21 heavy (non-hydrogen) atoms. The van der Waals surface area contributed by atoms with Crippen LogP contribution in [0, 0.1) is 0 Å². The minimum absolute atomic E-state index is 0.0747. The average molecular weight is 318 g/mol. The van der Waals surface area contributed by atoms with Gasteiger partial charge >= 0.3 is 5.51 Å². The number of nitrogens with one attached hydrogen (secondary N) is 1. The Morgan fingerprint density at radius 1 is 1.29 bits per heavy atom. The lowest BCUT2D eigenvalue weighted by Crippen LogP contribution is -2.53. The zero-order valence-corrected chi connectivity index (χ0v) is 12.9. The molecule has 1 aliphatic heterocycles. The van der Waals surface area contributed by atoms with Gasteiger partial charge in [-0.1, -0.05) is 37.3 Å². The molecule has 118 valence electrons. The highest BCUT2D eigenvalue weighted by atomic mass is 32.2. The van der Waals surface area contributed by atoms with Crippen LogP contribution in [0.2, 0.25) is 0 Å². The Labute approximate surface area is 128 Å². The second-order valence-electron chi connectivity index (χ2n) is 5.22. The Kier molecular flexibility index (Phi) is 5.96. The number of piperazine rings is 1. The molecule has 1 fully saturated rings. The number of halogens is 3. The number of alkyl halides is 3. The van der Waals surface area contributed by atoms with E-state index in [-0.39, 0.29) is 23.6 Å². The lowest BCUT2D eigenvalue weighted by Gasteiger charge is -2.40. The maximum absolute atomic E-state index is 12.3. The SMILES string of the molecule is CCC1CNC(c2ccccc2)CN1CCSC(F)(F)F. The highest BCUT2D eigenvalue weighted by Gasteiger charge is 2.31. The summed E-state index contributed by atoms with van der Waals surface area (Å²) in [7, 11) is 0. The van der Waals surface area contributed by atoms with Crippen molar-refractivity contribution in [3.8, 4) is 0 Å². The molecule has 1 aromatic carbocycles. The normalized spacial score (nSPS) is 24.2. The predicted molar refractivity (Wildman–Crippen MR) is 81.4 cm³/mol. The Balaban J connectivity index is 1.93. The third kappa shape index (κ3) is 5.20. The molecule has 0 aliphatic carbocycles. The third-order valence-electron chi connectivity index (χ3n) is 3.85. The number of hydrogen-bond acceptors (Lipinski definition) is 3. The molecule has 6 heteroatoms. The molecular formula is C15H21F3N2S. The first kappa shape index (κ1) is 16.6. The summed E-state index contributed by atoms with van der Waals surface area (Å²) >= 11 is 0.0747. The van der Waals surface area contributed by atoms with Crippen LogP contribution in [0.1, 0.15) is 24.9 Å². The molecule has 0 saturated carbocycles. The van der Waals surface area contributed by atoms with Crippen LogP contribution in [-0.2, 0) is 0 Å². The molecule has 2 nitrogen and oxygen atoms in total. The Morgan fingerprint density at radius 2 is 2.00 bits per heavy atom. The Hall–Kier alpha value is -0.720. The van der Waals surface area contributed by atoms with Gasteiger partial charge in [0.2, 0.25) is 0 Å². The van der Waals surface area contributed by atoms with Crippen LogP contribution in [-0.4, -0.2) is 41.8 Å². The van der Waals surface area contributed by atoms with Crippen molar-refractivity contribution in [2.24, 2.45) is 0 Å². The number of nitrogens with zero attached hydrogens (tertiary/aromatic N) is 1. The fourth-order valence-corrected chi connectivity index (χ4v) is 3.28. The molecule has 2 unspecified atom stereocenters. The summed E-state index contributed by atoms with van der Waals surface area (Å²) in [6.07, 6.45) is 0.950. The van der Waals surface area contributed by atoms with Gasteiger partial charge in [0.05, 0.1) is 0 Å². The highest BCUT2D eigenvalue weighted by molar-refractivity contribution is 8.00. The maximum atomic E-state index is 12.3. The monoisotopic (exact) mass is 318 g/mol. The minimum Gasteiger partial charge on any atom is -0.307 e. The van der Waals surface area contributed by atoms with Crippen molar-refractivity contribution >= 4 is 11.8 Å². The van der Waals surface area contributed by atoms with Crippen molar-refractivity contribution in [2.45, 2.75) is 30.9 Å². The van der Waals surface area contributed by atoms with Gasteiger partial charge in [-0.25, -0.2) is 0 Å². The lowest BCUT2D eigenvalue weighted by molar-refractivity contribution is -0.0329. The van der Waals surface area contributed by atoms with Crippen molar-refractivity contribution < 1.29 is 13.2 Å². The number of thioether (sulfide) groups is 1. The van der Waals surface area contributed by atoms with E-state index in [2.05, 4.69) is 29.3 Å². The second kappa shape index (κ2) is 7.51. The maximum Gasteiger partial charge on any atom is 0.441 e. The van der Waals surface area contributed by atoms with Gasteiger partial charge in [-0.2, -0.15) is 13.2 Å². The van der Waals surface area contributed by atoms with Crippen LogP contribution >= 0.6 is 11.8 Å². The lowest BCUT2D eigenvalue weighted by atomic mass is 10.0. The van der Waals surface area contributed by atoms with E-state index in [9.17, 15) is 13.2 Å². The van der Waals surface area contributed by atoms with E-state index in [1.807, 2.05) is 18.2 Å². The molecule has 0 spiro atoms. The van der Waals surface area contributed by atoms with Gasteiger partial charge < -0.3 is 5.32 Å². The van der Waals surface area contributed by atoms with E-state index in [0.717, 1.165) is 19.5 Å². The summed E-state index contributed by atoms with van der Waals surface area (Å²) in [5.74, 6) is 0.0987. The van der Waals surface area contributed by atoms with Crippen molar-refractivity contribution in [3.05, 3.63) is 35.9 Å². The molecule has 1 aromatic rings. The van der Waals surface area contributed by atoms with Crippen molar-refractivity contribution in [1.82, 2.24) is 10.2 Å². The van der Waals surface area contributed by atoms with Crippen LogP contribution in [0.4, 0.5) is 13.2 Å². The molecule has 1 aliphatic rings. The molecule has 0 bridgehead atoms. The van der Waals surface area contributed by atoms with E-state index >= 15 is 0 Å². The molecule has 1 N–H and O–H groups in total. The summed E-state index contributed by atoms with van der Waals surface area (Å²) < 4.78 is 36.8. The van der Waals surface area contributed by atoms with Gasteiger partial charge in [0.25, 0.3) is 0 Å². The predicted octanol–water partition coefficient (Wildman–Crippen LogP) is 3.66. The van der Waals surface area contributed by atoms with E-state index in [0.29, 0.717) is 12.6 Å². The summed E-state index contributed by atoms with van der Waals surface area (Å²) in [5, 5.41) is 3.50. The van der Waals surface area contributed by atoms with Gasteiger partial charge in [0, 0.05) is 37.5 Å². The minimum atomic E-state index is -4.13. The summed E-state index contributed by atoms with van der Waals surface area (Å²) in [5.41, 5.74) is -2.94. The van der Waals surface area contributed by atoms with Crippen LogP contribution < -0.4 is 5.32 Å². The summed E-state index contributed by atoms with van der Waals surface area (Å²) in [4.78, 5) is 2.19. The molecule has 0 aromatic heterocycles. The largest absolute Gasteiger partial charge is 0.441 e. The summed E-state index contributed by atoms with van der Waals surface area (Å²) in [6.45, 7) is 4.15. The smallest absolute Gasteiger partial charge is 0.307 e. The number of benzene rings is 1. The van der Waals surface area contributed by atoms with Crippen molar-refractivity contribution in [1.29, 1.82) is 0 Å². The van der Waals surface area contributed by atoms with Crippen LogP contribution in [0.3, 0.4) is 0 Å². The van der Waals surface area contributed by atoms with Gasteiger partial charge in [-0.05, 0) is 23.7 Å². The zero-order valence-electron chi connectivity index (χ0n) is 12.1. The number of hydrogen-bond donors (Lipinski definition) is 1. The fourth-order valence-electron chi connectivity index (χ4n) is 2.72. The summed E-state index contributed by atoms with van der Waals surface area (Å²) in [6, 6.07) is 10.6. The highest BCUT2D eigenvalue weighted by Crippen LogP contribution is 2.30. The first-order valence-corrected chi connectivity index (χ1v) is 8.21. The van der Waals surface area contributed by atoms with Gasteiger partial charge in [0.1, 0.15) is 0 Å². The topological polar surface area (TPSA) is 15.3 Å². The van der Waals surface area contributed by atoms with Gasteiger partial charge in [-0.15, -0.1) is 0 Å². The van der Waals surface area contributed by atoms with E-state index in [1.54, 1.807) is 0 Å². The average Bonchev–Trinajstić information content (AvgIpc) is 2.47. The van der Waals surface area contributed by atoms with Crippen LogP contribution in [0.25, 0.3) is 0 Å². The first-order chi connectivity index (χ1) is 9.99. The molecule has 2 atom stereocenters. The van der Waals surface area contributed by atoms with E-state index in [4.69, 9.17) is 0 Å². The van der Waals surface area contributed by atoms with Crippen molar-refractivity contribution in [2.75, 3.05) is 25.4 Å².